The summed E-state index contributed by atoms with van der Waals surface area (Å²) in [5.41, 5.74) is 1.72. The predicted octanol–water partition coefficient (Wildman–Crippen LogP) is 4.84. The van der Waals surface area contributed by atoms with Crippen molar-refractivity contribution in [2.24, 2.45) is 0 Å². The van der Waals surface area contributed by atoms with Crippen LogP contribution >= 0.6 is 12.2 Å². The molecule has 0 saturated heterocycles. The van der Waals surface area contributed by atoms with Crippen LogP contribution in [0.2, 0.25) is 0 Å². The van der Waals surface area contributed by atoms with E-state index in [-0.39, 0.29) is 5.56 Å². The third-order valence-electron chi connectivity index (χ3n) is 2.77. The summed E-state index contributed by atoms with van der Waals surface area (Å²) in [6, 6.07) is 8.91. The van der Waals surface area contributed by atoms with E-state index in [2.05, 4.69) is 0 Å². The van der Waals surface area contributed by atoms with E-state index >= 15 is 0 Å². The van der Waals surface area contributed by atoms with Gasteiger partial charge in [-0.25, -0.2) is 13.2 Å². The van der Waals surface area contributed by atoms with Crippen molar-refractivity contribution in [3.63, 3.8) is 0 Å². The largest absolute Gasteiger partial charge is 0.207 e. The van der Waals surface area contributed by atoms with E-state index in [1.807, 2.05) is 31.2 Å². The maximum absolute atomic E-state index is 13.5. The lowest BCUT2D eigenvalue weighted by atomic mass is 10.1. The molecule has 0 fully saturated rings. The van der Waals surface area contributed by atoms with E-state index < -0.39 is 17.5 Å². The first-order chi connectivity index (χ1) is 9.47. The fourth-order valence-electron chi connectivity index (χ4n) is 1.68. The standard InChI is InChI=1S/C16H11F3S/c1-10-2-4-11(5-3-10)15(20)7-6-12-8-13(17)9-14(18)16(12)19/h2-9H,1H3. The van der Waals surface area contributed by atoms with E-state index in [0.29, 0.717) is 10.9 Å². The summed E-state index contributed by atoms with van der Waals surface area (Å²) in [4.78, 5) is 0.467. The van der Waals surface area contributed by atoms with Crippen molar-refractivity contribution >= 4 is 23.2 Å². The number of rotatable bonds is 3. The molecule has 0 aliphatic carbocycles. The highest BCUT2D eigenvalue weighted by molar-refractivity contribution is 7.81. The van der Waals surface area contributed by atoms with Gasteiger partial charge in [-0.3, -0.25) is 0 Å². The van der Waals surface area contributed by atoms with Crippen molar-refractivity contribution in [3.05, 3.63) is 76.6 Å². The molecule has 4 heteroatoms. The number of hydrogen-bond donors (Lipinski definition) is 0. The Labute approximate surface area is 120 Å². The smallest absolute Gasteiger partial charge is 0.166 e. The Bertz CT molecular complexity index is 673. The van der Waals surface area contributed by atoms with Crippen LogP contribution < -0.4 is 0 Å². The molecule has 0 aliphatic heterocycles. The number of hydrogen-bond acceptors (Lipinski definition) is 1. The average Bonchev–Trinajstić information content (AvgIpc) is 2.41. The molecule has 0 heterocycles. The van der Waals surface area contributed by atoms with Gasteiger partial charge in [-0.1, -0.05) is 48.1 Å². The zero-order chi connectivity index (χ0) is 14.7. The molecular weight excluding hydrogens is 281 g/mol. The maximum atomic E-state index is 13.5. The zero-order valence-corrected chi connectivity index (χ0v) is 11.5. The highest BCUT2D eigenvalue weighted by atomic mass is 32.1. The lowest BCUT2D eigenvalue weighted by Gasteiger charge is -2.01. The van der Waals surface area contributed by atoms with E-state index in [0.717, 1.165) is 17.2 Å². The second-order valence-electron chi connectivity index (χ2n) is 4.35. The maximum Gasteiger partial charge on any atom is 0.166 e. The lowest BCUT2D eigenvalue weighted by Crippen LogP contribution is -1.94. The molecular formula is C16H11F3S. The van der Waals surface area contributed by atoms with Gasteiger partial charge in [-0.15, -0.1) is 0 Å². The zero-order valence-electron chi connectivity index (χ0n) is 10.7. The van der Waals surface area contributed by atoms with Crippen molar-refractivity contribution in [1.82, 2.24) is 0 Å². The fourth-order valence-corrected chi connectivity index (χ4v) is 1.88. The van der Waals surface area contributed by atoms with Crippen LogP contribution in [-0.2, 0) is 0 Å². The Morgan fingerprint density at radius 2 is 1.70 bits per heavy atom. The van der Waals surface area contributed by atoms with Gasteiger partial charge in [0.1, 0.15) is 5.82 Å². The first-order valence-electron chi connectivity index (χ1n) is 5.91. The molecule has 0 bridgehead atoms. The molecule has 2 aromatic carbocycles. The SMILES string of the molecule is Cc1ccc(C(=S)C=Cc2cc(F)cc(F)c2F)cc1. The van der Waals surface area contributed by atoms with Gasteiger partial charge in [0.05, 0.1) is 0 Å². The number of aryl methyl sites for hydroxylation is 1. The van der Waals surface area contributed by atoms with Crippen LogP contribution in [0, 0.1) is 24.4 Å². The van der Waals surface area contributed by atoms with Crippen molar-refractivity contribution in [2.75, 3.05) is 0 Å². The molecule has 0 saturated carbocycles. The van der Waals surface area contributed by atoms with Crippen LogP contribution in [0.15, 0.2) is 42.5 Å². The molecule has 0 spiro atoms. The normalized spacial score (nSPS) is 11.0. The third-order valence-corrected chi connectivity index (χ3v) is 3.14. The Balaban J connectivity index is 2.25. The van der Waals surface area contributed by atoms with Crippen LogP contribution in [0.3, 0.4) is 0 Å². The van der Waals surface area contributed by atoms with Gasteiger partial charge in [0, 0.05) is 16.5 Å². The van der Waals surface area contributed by atoms with E-state index in [1.165, 1.54) is 12.2 Å². The van der Waals surface area contributed by atoms with Crippen molar-refractivity contribution < 1.29 is 13.2 Å². The minimum Gasteiger partial charge on any atom is -0.207 e. The van der Waals surface area contributed by atoms with Crippen molar-refractivity contribution in [1.29, 1.82) is 0 Å². The first-order valence-corrected chi connectivity index (χ1v) is 6.32. The highest BCUT2D eigenvalue weighted by Crippen LogP contribution is 2.16. The number of halogens is 3. The summed E-state index contributed by atoms with van der Waals surface area (Å²) in [5, 5.41) is 0. The minimum absolute atomic E-state index is 0.169. The Morgan fingerprint density at radius 3 is 2.35 bits per heavy atom. The van der Waals surface area contributed by atoms with Crippen LogP contribution in [0.5, 0.6) is 0 Å². The third kappa shape index (κ3) is 3.33. The second kappa shape index (κ2) is 6.01. The van der Waals surface area contributed by atoms with Crippen LogP contribution in [0.4, 0.5) is 13.2 Å². The summed E-state index contributed by atoms with van der Waals surface area (Å²) in [6.45, 7) is 1.95. The summed E-state index contributed by atoms with van der Waals surface area (Å²) in [6.07, 6.45) is 2.72. The summed E-state index contributed by atoms with van der Waals surface area (Å²) in [7, 11) is 0. The minimum atomic E-state index is -1.22. The van der Waals surface area contributed by atoms with E-state index in [1.54, 1.807) is 0 Å². The van der Waals surface area contributed by atoms with Crippen molar-refractivity contribution in [3.8, 4) is 0 Å². The van der Waals surface area contributed by atoms with Crippen molar-refractivity contribution in [2.45, 2.75) is 6.92 Å². The molecule has 0 radical (unpaired) electrons. The molecule has 0 atom stereocenters. The van der Waals surface area contributed by atoms with Crippen LogP contribution in [0.1, 0.15) is 16.7 Å². The molecule has 0 aliphatic rings. The van der Waals surface area contributed by atoms with Gasteiger partial charge < -0.3 is 0 Å². The average molecular weight is 292 g/mol. The monoisotopic (exact) mass is 292 g/mol. The highest BCUT2D eigenvalue weighted by Gasteiger charge is 2.08. The molecule has 0 unspecified atom stereocenters. The molecule has 0 nitrogen and oxygen atoms in total. The predicted molar refractivity (Wildman–Crippen MR) is 78.2 cm³/mol. The van der Waals surface area contributed by atoms with E-state index in [4.69, 9.17) is 12.2 Å². The number of benzene rings is 2. The van der Waals surface area contributed by atoms with Gasteiger partial charge in [0.2, 0.25) is 0 Å². The van der Waals surface area contributed by atoms with Crippen LogP contribution in [-0.4, -0.2) is 4.86 Å². The Hall–Kier alpha value is -1.94. The second-order valence-corrected chi connectivity index (χ2v) is 4.79. The molecule has 20 heavy (non-hydrogen) atoms. The fraction of sp³-hybridized carbons (Fsp3) is 0.0625. The summed E-state index contributed by atoms with van der Waals surface area (Å²) < 4.78 is 39.5. The Kier molecular flexibility index (Phi) is 4.35. The summed E-state index contributed by atoms with van der Waals surface area (Å²) in [5.74, 6) is -3.13. The Morgan fingerprint density at radius 1 is 1.05 bits per heavy atom. The quantitative estimate of drug-likeness (QED) is 0.337. The van der Waals surface area contributed by atoms with Gasteiger partial charge >= 0.3 is 0 Å². The topological polar surface area (TPSA) is 0 Å². The molecule has 102 valence electrons. The molecule has 2 aromatic rings. The van der Waals surface area contributed by atoms with Gasteiger partial charge in [0.15, 0.2) is 11.6 Å². The van der Waals surface area contributed by atoms with Gasteiger partial charge in [-0.05, 0) is 24.6 Å². The van der Waals surface area contributed by atoms with Crippen LogP contribution in [0.25, 0.3) is 6.08 Å². The number of thiocarbonyl (C=S) groups is 1. The molecule has 0 N–H and O–H groups in total. The molecule has 2 rings (SSSR count). The lowest BCUT2D eigenvalue weighted by molar-refractivity contribution is 0.493. The molecule has 0 amide bonds. The summed E-state index contributed by atoms with van der Waals surface area (Å²) >= 11 is 5.18. The van der Waals surface area contributed by atoms with E-state index in [9.17, 15) is 13.2 Å². The molecule has 0 aromatic heterocycles. The number of allylic oxidation sites excluding steroid dienone is 1. The first kappa shape index (κ1) is 14.5. The van der Waals surface area contributed by atoms with Gasteiger partial charge in [0.25, 0.3) is 0 Å². The van der Waals surface area contributed by atoms with Gasteiger partial charge in [-0.2, -0.15) is 0 Å².